The van der Waals surface area contributed by atoms with E-state index in [0.29, 0.717) is 0 Å². The number of nitrogens with zero attached hydrogens (tertiary/aromatic N) is 3. The van der Waals surface area contributed by atoms with Crippen LogP contribution in [0, 0.1) is 0 Å². The maximum Gasteiger partial charge on any atom is 0.147 e. The number of rotatable bonds is 2. The molecule has 0 amide bonds. The Hall–Kier alpha value is -1.84. The first-order chi connectivity index (χ1) is 10.1. The number of aryl methyl sites for hydroxylation is 1. The van der Waals surface area contributed by atoms with E-state index in [0.717, 1.165) is 22.8 Å². The lowest BCUT2D eigenvalue weighted by molar-refractivity contribution is 0.409. The van der Waals surface area contributed by atoms with Crippen LogP contribution in [0.5, 0.6) is 5.75 Å². The Morgan fingerprint density at radius 3 is 2.09 bits per heavy atom. The van der Waals surface area contributed by atoms with Crippen LogP contribution < -0.4 is 4.74 Å². The zero-order valence-electron chi connectivity index (χ0n) is 15.0. The minimum Gasteiger partial charge on any atom is -0.494 e. The quantitative estimate of drug-likeness (QED) is 0.839. The standard InChI is InChI=1S/C18H27N3O/c1-17(2,3)12-11-14(22-8)15(13-9-10-19-21(13)7)20-16(12)18(4,5)6/h9-11H,1-8H3. The topological polar surface area (TPSA) is 39.9 Å². The van der Waals surface area contributed by atoms with Gasteiger partial charge in [0.05, 0.1) is 18.5 Å². The summed E-state index contributed by atoms with van der Waals surface area (Å²) < 4.78 is 7.45. The summed E-state index contributed by atoms with van der Waals surface area (Å²) in [6.45, 7) is 13.2. The molecule has 0 bridgehead atoms. The zero-order chi connectivity index (χ0) is 16.7. The van der Waals surface area contributed by atoms with Gasteiger partial charge in [0.25, 0.3) is 0 Å². The minimum atomic E-state index is -0.0395. The Balaban J connectivity index is 2.80. The molecule has 22 heavy (non-hydrogen) atoms. The lowest BCUT2D eigenvalue weighted by atomic mass is 9.78. The van der Waals surface area contributed by atoms with E-state index in [9.17, 15) is 0 Å². The number of methoxy groups -OCH3 is 1. The number of hydrogen-bond acceptors (Lipinski definition) is 3. The Labute approximate surface area is 133 Å². The SMILES string of the molecule is COc1cc(C(C)(C)C)c(C(C)(C)C)nc1-c1ccnn1C. The van der Waals surface area contributed by atoms with E-state index < -0.39 is 0 Å². The van der Waals surface area contributed by atoms with Crippen molar-refractivity contribution in [2.75, 3.05) is 7.11 Å². The van der Waals surface area contributed by atoms with Gasteiger partial charge in [0.2, 0.25) is 0 Å². The van der Waals surface area contributed by atoms with Crippen LogP contribution in [0.1, 0.15) is 52.8 Å². The van der Waals surface area contributed by atoms with Gasteiger partial charge in [-0.05, 0) is 23.1 Å². The summed E-state index contributed by atoms with van der Waals surface area (Å²) in [6, 6.07) is 4.10. The molecular weight excluding hydrogens is 274 g/mol. The molecule has 0 aliphatic heterocycles. The van der Waals surface area contributed by atoms with Gasteiger partial charge >= 0.3 is 0 Å². The van der Waals surface area contributed by atoms with Gasteiger partial charge in [0, 0.05) is 18.7 Å². The largest absolute Gasteiger partial charge is 0.494 e. The fourth-order valence-corrected chi connectivity index (χ4v) is 2.58. The van der Waals surface area contributed by atoms with Crippen molar-refractivity contribution in [3.05, 3.63) is 29.6 Å². The van der Waals surface area contributed by atoms with E-state index in [1.165, 1.54) is 5.56 Å². The van der Waals surface area contributed by atoms with E-state index in [1.807, 2.05) is 17.8 Å². The third-order valence-electron chi connectivity index (χ3n) is 3.79. The summed E-state index contributed by atoms with van der Waals surface area (Å²) in [5.74, 6) is 0.793. The number of hydrogen-bond donors (Lipinski definition) is 0. The third-order valence-corrected chi connectivity index (χ3v) is 3.79. The van der Waals surface area contributed by atoms with Gasteiger partial charge in [-0.2, -0.15) is 5.10 Å². The van der Waals surface area contributed by atoms with Gasteiger partial charge in [-0.3, -0.25) is 4.68 Å². The first-order valence-corrected chi connectivity index (χ1v) is 7.64. The van der Waals surface area contributed by atoms with Crippen molar-refractivity contribution in [3.63, 3.8) is 0 Å². The predicted octanol–water partition coefficient (Wildman–Crippen LogP) is 4.09. The molecule has 0 saturated carbocycles. The number of aromatic nitrogens is 3. The second-order valence-electron chi connectivity index (χ2n) is 7.78. The summed E-state index contributed by atoms with van der Waals surface area (Å²) in [5.41, 5.74) is 4.11. The van der Waals surface area contributed by atoms with Gasteiger partial charge in [-0.25, -0.2) is 4.98 Å². The molecule has 0 aliphatic carbocycles. The van der Waals surface area contributed by atoms with Crippen LogP contribution in [-0.2, 0) is 17.9 Å². The summed E-state index contributed by atoms with van der Waals surface area (Å²) in [7, 11) is 3.62. The Morgan fingerprint density at radius 2 is 1.68 bits per heavy atom. The van der Waals surface area contributed by atoms with E-state index in [4.69, 9.17) is 9.72 Å². The molecule has 0 unspecified atom stereocenters. The molecule has 120 valence electrons. The van der Waals surface area contributed by atoms with Crippen molar-refractivity contribution in [3.8, 4) is 17.1 Å². The molecule has 4 nitrogen and oxygen atoms in total. The van der Waals surface area contributed by atoms with Crippen LogP contribution in [0.15, 0.2) is 18.3 Å². The van der Waals surface area contributed by atoms with Crippen LogP contribution in [-0.4, -0.2) is 21.9 Å². The normalized spacial score (nSPS) is 12.5. The van der Waals surface area contributed by atoms with Crippen LogP contribution in [0.25, 0.3) is 11.4 Å². The van der Waals surface area contributed by atoms with Crippen LogP contribution >= 0.6 is 0 Å². The average Bonchev–Trinajstić information content (AvgIpc) is 2.81. The zero-order valence-corrected chi connectivity index (χ0v) is 15.0. The molecular formula is C18H27N3O. The first kappa shape index (κ1) is 16.5. The van der Waals surface area contributed by atoms with Crippen molar-refractivity contribution in [2.45, 2.75) is 52.4 Å². The van der Waals surface area contributed by atoms with Crippen molar-refractivity contribution >= 4 is 0 Å². The summed E-state index contributed by atoms with van der Waals surface area (Å²) >= 11 is 0. The van der Waals surface area contributed by atoms with Gasteiger partial charge in [-0.15, -0.1) is 0 Å². The summed E-state index contributed by atoms with van der Waals surface area (Å²) in [4.78, 5) is 5.00. The Bertz CT molecular complexity index is 673. The van der Waals surface area contributed by atoms with E-state index in [-0.39, 0.29) is 10.8 Å². The van der Waals surface area contributed by atoms with Gasteiger partial charge in [-0.1, -0.05) is 41.5 Å². The van der Waals surface area contributed by atoms with Crippen LogP contribution in [0.3, 0.4) is 0 Å². The van der Waals surface area contributed by atoms with Crippen LogP contribution in [0.2, 0.25) is 0 Å². The Kier molecular flexibility index (Phi) is 4.07. The molecule has 2 heterocycles. The predicted molar refractivity (Wildman–Crippen MR) is 90.4 cm³/mol. The van der Waals surface area contributed by atoms with Gasteiger partial charge < -0.3 is 4.74 Å². The van der Waals surface area contributed by atoms with E-state index in [1.54, 1.807) is 13.3 Å². The second kappa shape index (κ2) is 5.41. The number of ether oxygens (including phenoxy) is 1. The van der Waals surface area contributed by atoms with Crippen molar-refractivity contribution in [1.82, 2.24) is 14.8 Å². The maximum atomic E-state index is 5.62. The average molecular weight is 301 g/mol. The molecule has 2 aromatic heterocycles. The Morgan fingerprint density at radius 1 is 1.05 bits per heavy atom. The molecule has 0 N–H and O–H groups in total. The fraction of sp³-hybridized carbons (Fsp3) is 0.556. The minimum absolute atomic E-state index is 0.00782. The molecule has 2 aromatic rings. The molecule has 2 rings (SSSR count). The first-order valence-electron chi connectivity index (χ1n) is 7.64. The summed E-state index contributed by atoms with van der Waals surface area (Å²) in [6.07, 6.45) is 1.78. The van der Waals surface area contributed by atoms with E-state index >= 15 is 0 Å². The summed E-state index contributed by atoms with van der Waals surface area (Å²) in [5, 5.41) is 4.25. The molecule has 0 aliphatic rings. The molecule has 0 atom stereocenters. The second-order valence-corrected chi connectivity index (χ2v) is 7.78. The fourth-order valence-electron chi connectivity index (χ4n) is 2.58. The van der Waals surface area contributed by atoms with Crippen LogP contribution in [0.4, 0.5) is 0 Å². The molecule has 0 fully saturated rings. The highest BCUT2D eigenvalue weighted by atomic mass is 16.5. The highest BCUT2D eigenvalue weighted by molar-refractivity contribution is 5.64. The molecule has 4 heteroatoms. The molecule has 0 spiro atoms. The monoisotopic (exact) mass is 301 g/mol. The lowest BCUT2D eigenvalue weighted by Crippen LogP contribution is -2.24. The highest BCUT2D eigenvalue weighted by Gasteiger charge is 2.29. The highest BCUT2D eigenvalue weighted by Crippen LogP contribution is 2.38. The van der Waals surface area contributed by atoms with Crippen molar-refractivity contribution in [2.24, 2.45) is 7.05 Å². The molecule has 0 saturated heterocycles. The third kappa shape index (κ3) is 3.01. The molecule has 0 radical (unpaired) electrons. The van der Waals surface area contributed by atoms with Crippen molar-refractivity contribution < 1.29 is 4.74 Å². The van der Waals surface area contributed by atoms with Gasteiger partial charge in [0.15, 0.2) is 0 Å². The lowest BCUT2D eigenvalue weighted by Gasteiger charge is -2.30. The molecule has 0 aromatic carbocycles. The maximum absolute atomic E-state index is 5.62. The number of pyridine rings is 1. The van der Waals surface area contributed by atoms with E-state index in [2.05, 4.69) is 52.7 Å². The smallest absolute Gasteiger partial charge is 0.147 e. The van der Waals surface area contributed by atoms with Gasteiger partial charge in [0.1, 0.15) is 11.4 Å². The van der Waals surface area contributed by atoms with Crippen molar-refractivity contribution in [1.29, 1.82) is 0 Å².